The number of ether oxygens (including phenoxy) is 1. The van der Waals surface area contributed by atoms with Crippen molar-refractivity contribution < 1.29 is 27.3 Å². The molecule has 0 saturated heterocycles. The van der Waals surface area contributed by atoms with Gasteiger partial charge in [-0.15, -0.1) is 0 Å². The summed E-state index contributed by atoms with van der Waals surface area (Å²) in [6, 6.07) is 12.5. The first kappa shape index (κ1) is 23.7. The van der Waals surface area contributed by atoms with Crippen LogP contribution in [0.4, 0.5) is 21.5 Å². The van der Waals surface area contributed by atoms with Crippen LogP contribution < -0.4 is 14.8 Å². The lowest BCUT2D eigenvalue weighted by atomic mass is 10.1. The van der Waals surface area contributed by atoms with Gasteiger partial charge in [-0.1, -0.05) is 18.2 Å². The van der Waals surface area contributed by atoms with Gasteiger partial charge < -0.3 is 10.1 Å². The second kappa shape index (κ2) is 9.25. The van der Waals surface area contributed by atoms with Gasteiger partial charge in [-0.05, 0) is 49.7 Å². The summed E-state index contributed by atoms with van der Waals surface area (Å²) in [6.07, 6.45) is 0. The Balaban J connectivity index is 1.92. The van der Waals surface area contributed by atoms with E-state index in [1.807, 2.05) is 0 Å². The lowest BCUT2D eigenvalue weighted by molar-refractivity contribution is -0.385. The number of nitro benzene ring substituents is 1. The van der Waals surface area contributed by atoms with Crippen molar-refractivity contribution in [1.82, 2.24) is 0 Å². The number of amides is 1. The molecule has 0 fully saturated rings. The first-order valence-corrected chi connectivity index (χ1v) is 11.0. The number of hydrogen-bond acceptors (Lipinski definition) is 6. The Kier molecular flexibility index (Phi) is 6.63. The molecule has 0 radical (unpaired) electrons. The zero-order valence-electron chi connectivity index (χ0n) is 17.9. The maximum absolute atomic E-state index is 14.1. The number of rotatable bonds is 7. The average Bonchev–Trinajstić information content (AvgIpc) is 2.76. The minimum absolute atomic E-state index is 0.104. The Morgan fingerprint density at radius 1 is 1.09 bits per heavy atom. The molecule has 0 saturated carbocycles. The number of carbonyl (C=O) groups excluding carboxylic acids is 1. The van der Waals surface area contributed by atoms with Gasteiger partial charge in [0.15, 0.2) is 0 Å². The second-order valence-electron chi connectivity index (χ2n) is 7.10. The van der Waals surface area contributed by atoms with Gasteiger partial charge in [0.05, 0.1) is 28.2 Å². The summed E-state index contributed by atoms with van der Waals surface area (Å²) in [5, 5.41) is 13.6. The Morgan fingerprint density at radius 2 is 1.79 bits per heavy atom. The molecule has 0 bridgehead atoms. The van der Waals surface area contributed by atoms with Gasteiger partial charge in [-0.2, -0.15) is 0 Å². The number of nitrogens with zero attached hydrogens (tertiary/aromatic N) is 1. The van der Waals surface area contributed by atoms with Crippen LogP contribution in [0, 0.1) is 29.8 Å². The third-order valence-corrected chi connectivity index (χ3v) is 6.37. The standard InChI is InChI=1S/C22H20FN3O6S/c1-13-8-9-16(24-22(27)15-10-17(23)14(2)19(11-15)26(28)29)12-21(13)33(30,31)25-18-6-4-5-7-20(18)32-3/h4-12,25H,1-3H3,(H,24,27). The number of para-hydroxylation sites is 2. The van der Waals surface area contributed by atoms with E-state index in [9.17, 15) is 27.7 Å². The summed E-state index contributed by atoms with van der Waals surface area (Å²) in [5.41, 5.74) is -0.253. The van der Waals surface area contributed by atoms with E-state index in [0.29, 0.717) is 11.3 Å². The fourth-order valence-corrected chi connectivity index (χ4v) is 4.43. The van der Waals surface area contributed by atoms with Crippen molar-refractivity contribution >= 4 is 33.0 Å². The molecule has 0 unspecified atom stereocenters. The maximum atomic E-state index is 14.1. The molecule has 33 heavy (non-hydrogen) atoms. The molecule has 0 aromatic heterocycles. The van der Waals surface area contributed by atoms with E-state index >= 15 is 0 Å². The molecule has 0 heterocycles. The van der Waals surface area contributed by atoms with Crippen LogP contribution >= 0.6 is 0 Å². The van der Waals surface area contributed by atoms with Gasteiger partial charge in [0.2, 0.25) is 0 Å². The predicted molar refractivity (Wildman–Crippen MR) is 121 cm³/mol. The molecule has 2 N–H and O–H groups in total. The van der Waals surface area contributed by atoms with Gasteiger partial charge in [0, 0.05) is 17.3 Å². The summed E-state index contributed by atoms with van der Waals surface area (Å²) in [5.74, 6) is -1.41. The van der Waals surface area contributed by atoms with E-state index in [1.54, 1.807) is 25.1 Å². The molecule has 3 rings (SSSR count). The normalized spacial score (nSPS) is 11.0. The minimum atomic E-state index is -4.06. The molecule has 0 aliphatic heterocycles. The summed E-state index contributed by atoms with van der Waals surface area (Å²) in [7, 11) is -2.65. The lowest BCUT2D eigenvalue weighted by Gasteiger charge is -2.14. The maximum Gasteiger partial charge on any atom is 0.276 e. The lowest BCUT2D eigenvalue weighted by Crippen LogP contribution is -2.17. The zero-order valence-corrected chi connectivity index (χ0v) is 18.7. The highest BCUT2D eigenvalue weighted by molar-refractivity contribution is 7.92. The van der Waals surface area contributed by atoms with Gasteiger partial charge in [0.25, 0.3) is 21.6 Å². The quantitative estimate of drug-likeness (QED) is 0.386. The molecule has 0 aliphatic rings. The highest BCUT2D eigenvalue weighted by Gasteiger charge is 2.22. The third-order valence-electron chi connectivity index (χ3n) is 4.86. The Labute approximate surface area is 189 Å². The number of halogens is 1. The van der Waals surface area contributed by atoms with Crippen LogP contribution in [-0.2, 0) is 10.0 Å². The number of nitrogens with one attached hydrogen (secondary N) is 2. The molecule has 3 aromatic carbocycles. The largest absolute Gasteiger partial charge is 0.495 e. The number of carbonyl (C=O) groups is 1. The molecule has 0 aliphatic carbocycles. The van der Waals surface area contributed by atoms with Crippen molar-refractivity contribution in [1.29, 1.82) is 0 Å². The van der Waals surface area contributed by atoms with Crippen molar-refractivity contribution in [3.8, 4) is 5.75 Å². The summed E-state index contributed by atoms with van der Waals surface area (Å²) >= 11 is 0. The summed E-state index contributed by atoms with van der Waals surface area (Å²) in [4.78, 5) is 22.8. The van der Waals surface area contributed by atoms with Crippen LogP contribution in [0.1, 0.15) is 21.5 Å². The first-order valence-electron chi connectivity index (χ1n) is 9.56. The molecule has 9 nitrogen and oxygen atoms in total. The van der Waals surface area contributed by atoms with Crippen LogP contribution in [0.3, 0.4) is 0 Å². The second-order valence-corrected chi connectivity index (χ2v) is 8.75. The third kappa shape index (κ3) is 5.09. The SMILES string of the molecule is COc1ccccc1NS(=O)(=O)c1cc(NC(=O)c2cc(F)c(C)c([N+](=O)[O-])c2)ccc1C. The van der Waals surface area contributed by atoms with Gasteiger partial charge in [-0.3, -0.25) is 19.6 Å². The van der Waals surface area contributed by atoms with Gasteiger partial charge in [0.1, 0.15) is 11.6 Å². The van der Waals surface area contributed by atoms with E-state index in [-0.39, 0.29) is 27.4 Å². The number of anilines is 2. The van der Waals surface area contributed by atoms with Crippen LogP contribution in [-0.4, -0.2) is 26.4 Å². The number of benzene rings is 3. The van der Waals surface area contributed by atoms with E-state index in [2.05, 4.69) is 10.0 Å². The molecule has 3 aromatic rings. The molecule has 1 amide bonds. The number of nitro groups is 1. The fourth-order valence-electron chi connectivity index (χ4n) is 3.08. The number of methoxy groups -OCH3 is 1. The molecule has 172 valence electrons. The van der Waals surface area contributed by atoms with Crippen molar-refractivity contribution in [3.63, 3.8) is 0 Å². The highest BCUT2D eigenvalue weighted by atomic mass is 32.2. The summed E-state index contributed by atoms with van der Waals surface area (Å²) < 4.78 is 47.7. The van der Waals surface area contributed by atoms with Crippen LogP contribution in [0.2, 0.25) is 0 Å². The van der Waals surface area contributed by atoms with Crippen LogP contribution in [0.15, 0.2) is 59.5 Å². The minimum Gasteiger partial charge on any atom is -0.495 e. The number of aryl methyl sites for hydroxylation is 1. The van der Waals surface area contributed by atoms with Gasteiger partial charge in [-0.25, -0.2) is 12.8 Å². The van der Waals surface area contributed by atoms with Crippen molar-refractivity contribution in [3.05, 3.63) is 87.2 Å². The fraction of sp³-hybridized carbons (Fsp3) is 0.136. The van der Waals surface area contributed by atoms with E-state index in [1.165, 1.54) is 38.3 Å². The summed E-state index contributed by atoms with van der Waals surface area (Å²) in [6.45, 7) is 2.82. The molecule has 11 heteroatoms. The van der Waals surface area contributed by atoms with E-state index < -0.39 is 32.4 Å². The molecule has 0 spiro atoms. The van der Waals surface area contributed by atoms with Crippen LogP contribution in [0.5, 0.6) is 5.75 Å². The molecular weight excluding hydrogens is 453 g/mol. The smallest absolute Gasteiger partial charge is 0.276 e. The number of hydrogen-bond donors (Lipinski definition) is 2. The van der Waals surface area contributed by atoms with Crippen molar-refractivity contribution in [2.75, 3.05) is 17.1 Å². The van der Waals surface area contributed by atoms with E-state index in [4.69, 9.17) is 4.74 Å². The van der Waals surface area contributed by atoms with Crippen LogP contribution in [0.25, 0.3) is 0 Å². The molecular formula is C22H20FN3O6S. The van der Waals surface area contributed by atoms with Crippen molar-refractivity contribution in [2.45, 2.75) is 18.7 Å². The Bertz CT molecular complexity index is 1360. The Hall–Kier alpha value is -3.99. The topological polar surface area (TPSA) is 128 Å². The van der Waals surface area contributed by atoms with E-state index in [0.717, 1.165) is 12.1 Å². The first-order chi connectivity index (χ1) is 15.5. The molecule has 0 atom stereocenters. The number of sulfonamides is 1. The monoisotopic (exact) mass is 473 g/mol. The van der Waals surface area contributed by atoms with Gasteiger partial charge >= 0.3 is 0 Å². The highest BCUT2D eigenvalue weighted by Crippen LogP contribution is 2.29. The predicted octanol–water partition coefficient (Wildman–Crippen LogP) is 4.41. The average molecular weight is 473 g/mol. The Morgan fingerprint density at radius 3 is 2.45 bits per heavy atom. The van der Waals surface area contributed by atoms with Crippen molar-refractivity contribution in [2.24, 2.45) is 0 Å². The zero-order chi connectivity index (χ0) is 24.3.